The first-order valence-corrected chi connectivity index (χ1v) is 4.50. The normalized spacial score (nSPS) is 9.71. The first kappa shape index (κ1) is 10.6. The maximum atomic E-state index is 8.73. The number of hydrogen-bond acceptors (Lipinski definition) is 4. The van der Waals surface area contributed by atoms with Crippen LogP contribution in [0.15, 0.2) is 18.3 Å². The quantitative estimate of drug-likeness (QED) is 0.699. The van der Waals surface area contributed by atoms with Gasteiger partial charge in [0.25, 0.3) is 0 Å². The number of nitrogens with two attached hydrogens (primary N) is 1. The van der Waals surface area contributed by atoms with E-state index in [4.69, 9.17) is 15.7 Å². The zero-order valence-electron chi connectivity index (χ0n) is 7.94. The molecular formula is C10H13N3O. The van der Waals surface area contributed by atoms with E-state index >= 15 is 0 Å². The fraction of sp³-hybridized carbons (Fsp3) is 0.400. The van der Waals surface area contributed by atoms with E-state index in [-0.39, 0.29) is 0 Å². The molecule has 4 heteroatoms. The summed E-state index contributed by atoms with van der Waals surface area (Å²) in [6.45, 7) is 1.67. The fourth-order valence-corrected chi connectivity index (χ4v) is 1.02. The predicted molar refractivity (Wildman–Crippen MR) is 52.3 cm³/mol. The second-order valence-electron chi connectivity index (χ2n) is 2.82. The molecule has 0 aliphatic heterocycles. The van der Waals surface area contributed by atoms with E-state index in [0.29, 0.717) is 25.5 Å². The van der Waals surface area contributed by atoms with Crippen LogP contribution < -0.4 is 5.73 Å². The molecule has 0 saturated heterocycles. The highest BCUT2D eigenvalue weighted by Crippen LogP contribution is 2.05. The van der Waals surface area contributed by atoms with Crippen molar-refractivity contribution in [2.45, 2.75) is 13.0 Å². The zero-order chi connectivity index (χ0) is 10.2. The third kappa shape index (κ3) is 3.13. The average Bonchev–Trinajstić information content (AvgIpc) is 2.25. The lowest BCUT2D eigenvalue weighted by atomic mass is 10.2. The minimum absolute atomic E-state index is 0.427. The van der Waals surface area contributed by atoms with Gasteiger partial charge in [0.15, 0.2) is 0 Å². The lowest BCUT2D eigenvalue weighted by Gasteiger charge is -2.03. The number of hydrogen-bond donors (Lipinski definition) is 1. The smallest absolute Gasteiger partial charge is 0.145 e. The Kier molecular flexibility index (Phi) is 4.62. The van der Waals surface area contributed by atoms with E-state index in [1.165, 1.54) is 0 Å². The molecule has 4 nitrogen and oxygen atoms in total. The third-order valence-electron chi connectivity index (χ3n) is 1.75. The highest BCUT2D eigenvalue weighted by atomic mass is 16.5. The second kappa shape index (κ2) is 6.08. The molecule has 0 aromatic carbocycles. The summed E-state index contributed by atoms with van der Waals surface area (Å²) in [5, 5.41) is 8.73. The summed E-state index contributed by atoms with van der Waals surface area (Å²) in [5.41, 5.74) is 6.58. The van der Waals surface area contributed by atoms with Crippen molar-refractivity contribution in [3.8, 4) is 6.07 Å². The molecule has 74 valence electrons. The van der Waals surface area contributed by atoms with Gasteiger partial charge in [0.1, 0.15) is 11.8 Å². The largest absolute Gasteiger partial charge is 0.377 e. The van der Waals surface area contributed by atoms with E-state index in [2.05, 4.69) is 4.98 Å². The van der Waals surface area contributed by atoms with Crippen LogP contribution in [-0.4, -0.2) is 18.1 Å². The summed E-state index contributed by atoms with van der Waals surface area (Å²) >= 11 is 0. The van der Waals surface area contributed by atoms with Gasteiger partial charge in [0.2, 0.25) is 0 Å². The van der Waals surface area contributed by atoms with E-state index in [9.17, 15) is 0 Å². The molecule has 2 N–H and O–H groups in total. The summed E-state index contributed by atoms with van der Waals surface area (Å²) in [5.74, 6) is 0. The maximum absolute atomic E-state index is 8.73. The summed E-state index contributed by atoms with van der Waals surface area (Å²) in [7, 11) is 0. The Balaban J connectivity index is 2.46. The monoisotopic (exact) mass is 191 g/mol. The van der Waals surface area contributed by atoms with Crippen LogP contribution in [0, 0.1) is 11.3 Å². The SMILES string of the molecule is N#Cc1ncccc1COCCCN. The Hall–Kier alpha value is -1.44. The molecule has 0 aliphatic carbocycles. The van der Waals surface area contributed by atoms with Crippen molar-refractivity contribution < 1.29 is 4.74 Å². The van der Waals surface area contributed by atoms with E-state index in [1.807, 2.05) is 12.1 Å². The van der Waals surface area contributed by atoms with Crippen molar-refractivity contribution in [3.05, 3.63) is 29.6 Å². The number of nitriles is 1. The summed E-state index contributed by atoms with van der Waals surface area (Å²) in [6, 6.07) is 5.66. The van der Waals surface area contributed by atoms with Gasteiger partial charge in [0, 0.05) is 18.4 Å². The van der Waals surface area contributed by atoms with Gasteiger partial charge in [-0.1, -0.05) is 6.07 Å². The first-order valence-electron chi connectivity index (χ1n) is 4.50. The van der Waals surface area contributed by atoms with Crippen LogP contribution in [0.2, 0.25) is 0 Å². The molecule has 0 atom stereocenters. The van der Waals surface area contributed by atoms with Crippen molar-refractivity contribution >= 4 is 0 Å². The second-order valence-corrected chi connectivity index (χ2v) is 2.82. The Morgan fingerprint density at radius 3 is 3.14 bits per heavy atom. The lowest BCUT2D eigenvalue weighted by molar-refractivity contribution is 0.119. The highest BCUT2D eigenvalue weighted by Gasteiger charge is 2.01. The van der Waals surface area contributed by atoms with Crippen LogP contribution in [0.3, 0.4) is 0 Å². The molecule has 0 bridgehead atoms. The van der Waals surface area contributed by atoms with E-state index in [1.54, 1.807) is 12.3 Å². The van der Waals surface area contributed by atoms with Gasteiger partial charge in [-0.2, -0.15) is 5.26 Å². The number of rotatable bonds is 5. The van der Waals surface area contributed by atoms with Crippen molar-refractivity contribution in [1.29, 1.82) is 5.26 Å². The summed E-state index contributed by atoms with van der Waals surface area (Å²) in [6.07, 6.45) is 2.43. The Morgan fingerprint density at radius 1 is 1.57 bits per heavy atom. The Bertz CT molecular complexity index is 319. The molecule has 1 rings (SSSR count). The number of ether oxygens (including phenoxy) is 1. The average molecular weight is 191 g/mol. The predicted octanol–water partition coefficient (Wildman–Crippen LogP) is 0.819. The van der Waals surface area contributed by atoms with Gasteiger partial charge in [-0.3, -0.25) is 0 Å². The molecule has 0 amide bonds. The Morgan fingerprint density at radius 2 is 2.43 bits per heavy atom. The Labute approximate surface area is 83.3 Å². The van der Waals surface area contributed by atoms with Crippen LogP contribution in [0.5, 0.6) is 0 Å². The molecular weight excluding hydrogens is 178 g/mol. The minimum atomic E-state index is 0.427. The molecule has 1 aromatic heterocycles. The standard InChI is InChI=1S/C10H13N3O/c11-4-2-6-14-8-9-3-1-5-13-10(9)7-12/h1,3,5H,2,4,6,8,11H2. The molecule has 0 saturated carbocycles. The fourth-order valence-electron chi connectivity index (χ4n) is 1.02. The zero-order valence-corrected chi connectivity index (χ0v) is 7.94. The van der Waals surface area contributed by atoms with Crippen LogP contribution in [0.4, 0.5) is 0 Å². The molecule has 1 aromatic rings. The van der Waals surface area contributed by atoms with Gasteiger partial charge in [0.05, 0.1) is 6.61 Å². The molecule has 0 aliphatic rings. The first-order chi connectivity index (χ1) is 6.88. The van der Waals surface area contributed by atoms with Crippen LogP contribution in [-0.2, 0) is 11.3 Å². The summed E-state index contributed by atoms with van der Waals surface area (Å²) in [4.78, 5) is 3.93. The molecule has 0 spiro atoms. The van der Waals surface area contributed by atoms with Crippen LogP contribution in [0.25, 0.3) is 0 Å². The molecule has 0 unspecified atom stereocenters. The van der Waals surface area contributed by atoms with Crippen molar-refractivity contribution in [3.63, 3.8) is 0 Å². The lowest BCUT2D eigenvalue weighted by Crippen LogP contribution is -2.05. The van der Waals surface area contributed by atoms with Gasteiger partial charge in [-0.05, 0) is 19.0 Å². The molecule has 14 heavy (non-hydrogen) atoms. The molecule has 0 radical (unpaired) electrons. The van der Waals surface area contributed by atoms with Crippen LogP contribution in [0.1, 0.15) is 17.7 Å². The molecule has 0 fully saturated rings. The van der Waals surface area contributed by atoms with Crippen molar-refractivity contribution in [2.75, 3.05) is 13.2 Å². The van der Waals surface area contributed by atoms with Crippen molar-refractivity contribution in [1.82, 2.24) is 4.98 Å². The van der Waals surface area contributed by atoms with Gasteiger partial charge < -0.3 is 10.5 Å². The maximum Gasteiger partial charge on any atom is 0.145 e. The highest BCUT2D eigenvalue weighted by molar-refractivity contribution is 5.29. The topological polar surface area (TPSA) is 71.9 Å². The van der Waals surface area contributed by atoms with E-state index < -0.39 is 0 Å². The van der Waals surface area contributed by atoms with Crippen molar-refractivity contribution in [2.24, 2.45) is 5.73 Å². The van der Waals surface area contributed by atoms with Crippen LogP contribution >= 0.6 is 0 Å². The summed E-state index contributed by atoms with van der Waals surface area (Å²) < 4.78 is 5.33. The third-order valence-corrected chi connectivity index (χ3v) is 1.75. The van der Waals surface area contributed by atoms with Gasteiger partial charge in [-0.25, -0.2) is 4.98 Å². The molecule has 1 heterocycles. The number of nitrogens with zero attached hydrogens (tertiary/aromatic N) is 2. The van der Waals surface area contributed by atoms with Gasteiger partial charge in [-0.15, -0.1) is 0 Å². The van der Waals surface area contributed by atoms with Gasteiger partial charge >= 0.3 is 0 Å². The number of aromatic nitrogens is 1. The minimum Gasteiger partial charge on any atom is -0.377 e. The number of pyridine rings is 1. The van der Waals surface area contributed by atoms with E-state index in [0.717, 1.165) is 12.0 Å².